The summed E-state index contributed by atoms with van der Waals surface area (Å²) in [5.74, 6) is 1.69. The van der Waals surface area contributed by atoms with E-state index in [1.807, 2.05) is 0 Å². The lowest BCUT2D eigenvalue weighted by atomic mass is 10.5. The van der Waals surface area contributed by atoms with Gasteiger partial charge in [0, 0.05) is 11.8 Å². The predicted octanol–water partition coefficient (Wildman–Crippen LogP) is 1.45. The van der Waals surface area contributed by atoms with Gasteiger partial charge in [0.2, 0.25) is 0 Å². The molecule has 1 rings (SSSR count). The van der Waals surface area contributed by atoms with E-state index in [0.717, 1.165) is 25.0 Å². The Bertz CT molecular complexity index is 106. The maximum atomic E-state index is 5.45. The fourth-order valence-electron chi connectivity index (χ4n) is 0.732. The van der Waals surface area contributed by atoms with Gasteiger partial charge in [-0.3, -0.25) is 0 Å². The number of ether oxygens (including phenoxy) is 1. The van der Waals surface area contributed by atoms with Crippen LogP contribution in [0.25, 0.3) is 0 Å². The molecular formula is C8H17NOS. The third-order valence-electron chi connectivity index (χ3n) is 1.82. The van der Waals surface area contributed by atoms with Crippen LogP contribution in [0.3, 0.4) is 0 Å². The van der Waals surface area contributed by atoms with Crippen molar-refractivity contribution in [3.8, 4) is 0 Å². The van der Waals surface area contributed by atoms with Crippen LogP contribution in [0.4, 0.5) is 0 Å². The summed E-state index contributed by atoms with van der Waals surface area (Å²) in [5, 5.41) is 0.536. The summed E-state index contributed by atoms with van der Waals surface area (Å²) in [4.78, 5) is 0. The molecule has 11 heavy (non-hydrogen) atoms. The largest absolute Gasteiger partial charge is 0.371 e. The molecule has 0 heterocycles. The number of rotatable bonds is 6. The van der Waals surface area contributed by atoms with E-state index in [2.05, 4.69) is 6.92 Å². The molecule has 1 unspecified atom stereocenters. The van der Waals surface area contributed by atoms with E-state index < -0.39 is 0 Å². The van der Waals surface area contributed by atoms with Crippen molar-refractivity contribution in [1.29, 1.82) is 0 Å². The molecule has 66 valence electrons. The molecule has 1 aliphatic carbocycles. The Morgan fingerprint density at radius 1 is 1.64 bits per heavy atom. The van der Waals surface area contributed by atoms with Crippen LogP contribution in [-0.2, 0) is 4.74 Å². The highest BCUT2D eigenvalue weighted by Gasteiger charge is 2.20. The van der Waals surface area contributed by atoms with Gasteiger partial charge in [0.05, 0.1) is 12.5 Å². The van der Waals surface area contributed by atoms with Gasteiger partial charge in [-0.2, -0.15) is 0 Å². The Hall–Kier alpha value is 0.270. The van der Waals surface area contributed by atoms with Gasteiger partial charge >= 0.3 is 0 Å². The molecule has 0 amide bonds. The van der Waals surface area contributed by atoms with Crippen LogP contribution in [0.2, 0.25) is 0 Å². The highest BCUT2D eigenvalue weighted by molar-refractivity contribution is 7.99. The monoisotopic (exact) mass is 175 g/mol. The van der Waals surface area contributed by atoms with Gasteiger partial charge in [-0.15, -0.1) is 11.8 Å². The van der Waals surface area contributed by atoms with Crippen LogP contribution in [0, 0.1) is 5.92 Å². The minimum absolute atomic E-state index is 0.536. The smallest absolute Gasteiger partial charge is 0.0924 e. The lowest BCUT2D eigenvalue weighted by molar-refractivity contribution is 0.170. The molecule has 2 N–H and O–H groups in total. The average Bonchev–Trinajstić information content (AvgIpc) is 2.81. The molecule has 0 bridgehead atoms. The minimum Gasteiger partial charge on any atom is -0.371 e. The lowest BCUT2D eigenvalue weighted by Crippen LogP contribution is -2.13. The second-order valence-electron chi connectivity index (χ2n) is 3.15. The van der Waals surface area contributed by atoms with E-state index in [4.69, 9.17) is 10.5 Å². The number of thioether (sulfide) groups is 1. The molecule has 2 nitrogen and oxygen atoms in total. The van der Waals surface area contributed by atoms with Crippen LogP contribution < -0.4 is 5.73 Å². The molecule has 1 fully saturated rings. The van der Waals surface area contributed by atoms with Gasteiger partial charge in [0.1, 0.15) is 0 Å². The normalized spacial score (nSPS) is 20.2. The molecule has 0 aromatic heterocycles. The van der Waals surface area contributed by atoms with Crippen molar-refractivity contribution in [1.82, 2.24) is 0 Å². The van der Waals surface area contributed by atoms with Crippen molar-refractivity contribution >= 4 is 11.8 Å². The summed E-state index contributed by atoms with van der Waals surface area (Å²) < 4.78 is 5.44. The summed E-state index contributed by atoms with van der Waals surface area (Å²) in [6.07, 6.45) is 2.74. The highest BCUT2D eigenvalue weighted by atomic mass is 32.2. The van der Waals surface area contributed by atoms with Crippen LogP contribution in [0.5, 0.6) is 0 Å². The standard InChI is InChI=1S/C8H17NOS/c1-7(4-9)11-6-10-5-8-2-3-8/h7-8H,2-6,9H2,1H3. The molecule has 1 atom stereocenters. The average molecular weight is 175 g/mol. The Labute approximate surface area is 72.9 Å². The maximum Gasteiger partial charge on any atom is 0.0924 e. The van der Waals surface area contributed by atoms with Gasteiger partial charge in [0.25, 0.3) is 0 Å². The first-order valence-corrected chi connectivity index (χ1v) is 5.27. The third-order valence-corrected chi connectivity index (χ3v) is 2.88. The Morgan fingerprint density at radius 3 is 2.91 bits per heavy atom. The van der Waals surface area contributed by atoms with E-state index in [1.165, 1.54) is 12.8 Å². The van der Waals surface area contributed by atoms with Crippen LogP contribution >= 0.6 is 11.8 Å². The van der Waals surface area contributed by atoms with Crippen LogP contribution in [-0.4, -0.2) is 24.3 Å². The van der Waals surface area contributed by atoms with Crippen molar-refractivity contribution in [2.75, 3.05) is 19.1 Å². The molecule has 0 radical (unpaired) electrons. The minimum atomic E-state index is 0.536. The predicted molar refractivity (Wildman–Crippen MR) is 49.7 cm³/mol. The molecular weight excluding hydrogens is 158 g/mol. The third kappa shape index (κ3) is 4.67. The number of hydrogen-bond donors (Lipinski definition) is 1. The zero-order valence-electron chi connectivity index (χ0n) is 7.08. The molecule has 3 heteroatoms. The van der Waals surface area contributed by atoms with Crippen molar-refractivity contribution in [3.05, 3.63) is 0 Å². The van der Waals surface area contributed by atoms with E-state index in [1.54, 1.807) is 11.8 Å². The van der Waals surface area contributed by atoms with Crippen molar-refractivity contribution < 1.29 is 4.74 Å². The SMILES string of the molecule is CC(CN)SCOCC1CC1. The summed E-state index contributed by atoms with van der Waals surface area (Å²) in [6, 6.07) is 0. The van der Waals surface area contributed by atoms with Gasteiger partial charge in [-0.05, 0) is 18.8 Å². The summed E-state index contributed by atoms with van der Waals surface area (Å²) in [5.41, 5.74) is 5.45. The fraction of sp³-hybridized carbons (Fsp3) is 1.00. The summed E-state index contributed by atoms with van der Waals surface area (Å²) >= 11 is 1.80. The van der Waals surface area contributed by atoms with E-state index in [9.17, 15) is 0 Å². The Kier molecular flexibility index (Phi) is 4.26. The zero-order valence-corrected chi connectivity index (χ0v) is 7.90. The highest BCUT2D eigenvalue weighted by Crippen LogP contribution is 2.29. The first kappa shape index (κ1) is 9.36. The molecule has 0 aromatic carbocycles. The second kappa shape index (κ2) is 5.01. The summed E-state index contributed by atoms with van der Waals surface area (Å²) in [7, 11) is 0. The van der Waals surface area contributed by atoms with Crippen LogP contribution in [0.1, 0.15) is 19.8 Å². The molecule has 1 saturated carbocycles. The first-order valence-electron chi connectivity index (χ1n) is 4.22. The van der Waals surface area contributed by atoms with E-state index in [-0.39, 0.29) is 0 Å². The van der Waals surface area contributed by atoms with Crippen molar-refractivity contribution in [2.24, 2.45) is 11.7 Å². The first-order chi connectivity index (χ1) is 5.33. The summed E-state index contributed by atoms with van der Waals surface area (Å²) in [6.45, 7) is 3.84. The van der Waals surface area contributed by atoms with E-state index in [0.29, 0.717) is 5.25 Å². The number of nitrogens with two attached hydrogens (primary N) is 1. The van der Waals surface area contributed by atoms with Crippen molar-refractivity contribution in [2.45, 2.75) is 25.0 Å². The Morgan fingerprint density at radius 2 is 2.36 bits per heavy atom. The molecule has 1 aliphatic rings. The van der Waals surface area contributed by atoms with Gasteiger partial charge < -0.3 is 10.5 Å². The molecule has 0 saturated heterocycles. The maximum absolute atomic E-state index is 5.45. The van der Waals surface area contributed by atoms with Crippen LogP contribution in [0.15, 0.2) is 0 Å². The molecule has 0 spiro atoms. The molecule has 0 aliphatic heterocycles. The van der Waals surface area contributed by atoms with E-state index >= 15 is 0 Å². The van der Waals surface area contributed by atoms with Gasteiger partial charge in [0.15, 0.2) is 0 Å². The zero-order chi connectivity index (χ0) is 8.10. The lowest BCUT2D eigenvalue weighted by Gasteiger charge is -2.07. The Balaban J connectivity index is 1.79. The van der Waals surface area contributed by atoms with Crippen molar-refractivity contribution in [3.63, 3.8) is 0 Å². The topological polar surface area (TPSA) is 35.2 Å². The fourth-order valence-corrected chi connectivity index (χ4v) is 1.29. The van der Waals surface area contributed by atoms with Gasteiger partial charge in [-0.25, -0.2) is 0 Å². The molecule has 0 aromatic rings. The quantitative estimate of drug-likeness (QED) is 0.490. The number of hydrogen-bond acceptors (Lipinski definition) is 3. The second-order valence-corrected chi connectivity index (χ2v) is 4.52. The van der Waals surface area contributed by atoms with Gasteiger partial charge in [-0.1, -0.05) is 6.92 Å².